The zero-order valence-corrected chi connectivity index (χ0v) is 16.1. The summed E-state index contributed by atoms with van der Waals surface area (Å²) in [4.78, 5) is 2.49. The number of benzene rings is 1. The third-order valence-electron chi connectivity index (χ3n) is 5.51. The lowest BCUT2D eigenvalue weighted by atomic mass is 9.93. The van der Waals surface area contributed by atoms with E-state index in [2.05, 4.69) is 4.90 Å². The van der Waals surface area contributed by atoms with Crippen molar-refractivity contribution in [3.05, 3.63) is 47.5 Å². The number of phenolic OH excluding ortho intramolecular Hbond substituents is 1. The lowest BCUT2D eigenvalue weighted by Gasteiger charge is -2.32. The van der Waals surface area contributed by atoms with Gasteiger partial charge >= 0.3 is 0 Å². The Morgan fingerprint density at radius 2 is 1.96 bits per heavy atom. The van der Waals surface area contributed by atoms with Crippen LogP contribution >= 0.6 is 0 Å². The number of hydrogen-bond donors (Lipinski definition) is 1. The van der Waals surface area contributed by atoms with Crippen molar-refractivity contribution in [3.8, 4) is 11.5 Å². The summed E-state index contributed by atoms with van der Waals surface area (Å²) in [6.45, 7) is 3.80. The average Bonchev–Trinajstić information content (AvgIpc) is 2.70. The Morgan fingerprint density at radius 1 is 1.19 bits per heavy atom. The minimum Gasteiger partial charge on any atom is -0.504 e. The van der Waals surface area contributed by atoms with E-state index in [0.29, 0.717) is 24.0 Å². The molecule has 2 aliphatic rings. The zero-order valence-electron chi connectivity index (χ0n) is 16.1. The van der Waals surface area contributed by atoms with Crippen LogP contribution in [0.15, 0.2) is 41.9 Å². The topological polar surface area (TPSA) is 41.9 Å². The molecule has 1 aliphatic carbocycles. The van der Waals surface area contributed by atoms with Crippen LogP contribution in [0.2, 0.25) is 0 Å². The highest BCUT2D eigenvalue weighted by Crippen LogP contribution is 2.27. The van der Waals surface area contributed by atoms with E-state index in [1.165, 1.54) is 18.4 Å². The van der Waals surface area contributed by atoms with E-state index in [4.69, 9.17) is 9.47 Å². The zero-order chi connectivity index (χ0) is 19.1. The first-order valence-corrected chi connectivity index (χ1v) is 9.93. The Bertz CT molecular complexity index is 678. The summed E-state index contributed by atoms with van der Waals surface area (Å²) in [5, 5.41) is 9.68. The lowest BCUT2D eigenvalue weighted by molar-refractivity contribution is 0.140. The van der Waals surface area contributed by atoms with Gasteiger partial charge in [-0.2, -0.15) is 0 Å². The van der Waals surface area contributed by atoms with Crippen molar-refractivity contribution >= 4 is 0 Å². The highest BCUT2D eigenvalue weighted by Gasteiger charge is 2.19. The van der Waals surface area contributed by atoms with Crippen LogP contribution in [-0.2, 0) is 11.2 Å². The van der Waals surface area contributed by atoms with Crippen LogP contribution in [0.4, 0.5) is 4.39 Å². The van der Waals surface area contributed by atoms with Crippen molar-refractivity contribution in [2.45, 2.75) is 38.5 Å². The van der Waals surface area contributed by atoms with Crippen LogP contribution in [-0.4, -0.2) is 43.4 Å². The van der Waals surface area contributed by atoms with Crippen LogP contribution in [0.1, 0.15) is 37.7 Å². The molecule has 5 heteroatoms. The molecule has 1 fully saturated rings. The fourth-order valence-electron chi connectivity index (χ4n) is 3.75. The molecule has 4 nitrogen and oxygen atoms in total. The first-order chi connectivity index (χ1) is 13.2. The lowest BCUT2D eigenvalue weighted by Crippen LogP contribution is -2.35. The molecule has 1 aliphatic heterocycles. The molecule has 0 bridgehead atoms. The quantitative estimate of drug-likeness (QED) is 0.721. The number of piperidine rings is 1. The molecule has 0 spiro atoms. The molecule has 0 unspecified atom stereocenters. The van der Waals surface area contributed by atoms with Gasteiger partial charge in [0.05, 0.1) is 13.7 Å². The van der Waals surface area contributed by atoms with Crippen molar-refractivity contribution in [1.29, 1.82) is 0 Å². The van der Waals surface area contributed by atoms with Gasteiger partial charge < -0.3 is 19.5 Å². The smallest absolute Gasteiger partial charge is 0.160 e. The van der Waals surface area contributed by atoms with E-state index in [1.54, 1.807) is 19.3 Å². The van der Waals surface area contributed by atoms with E-state index in [-0.39, 0.29) is 11.6 Å². The van der Waals surface area contributed by atoms with Gasteiger partial charge in [-0.25, -0.2) is 4.39 Å². The summed E-state index contributed by atoms with van der Waals surface area (Å²) in [5.74, 6) is 1.60. The Kier molecular flexibility index (Phi) is 7.16. The van der Waals surface area contributed by atoms with Crippen molar-refractivity contribution in [2.24, 2.45) is 5.92 Å². The Labute approximate surface area is 161 Å². The molecular formula is C22H30FNO3. The summed E-state index contributed by atoms with van der Waals surface area (Å²) in [5.41, 5.74) is 1.18. The minimum absolute atomic E-state index is 0.184. The average molecular weight is 375 g/mol. The fourth-order valence-corrected chi connectivity index (χ4v) is 3.75. The van der Waals surface area contributed by atoms with Gasteiger partial charge in [0.2, 0.25) is 0 Å². The monoisotopic (exact) mass is 375 g/mol. The second-order valence-electron chi connectivity index (χ2n) is 7.38. The number of likely N-dealkylation sites (tertiary alicyclic amines) is 1. The number of hydrogen-bond acceptors (Lipinski definition) is 4. The molecule has 1 saturated heterocycles. The highest BCUT2D eigenvalue weighted by atomic mass is 19.1. The molecule has 1 aromatic rings. The van der Waals surface area contributed by atoms with Crippen molar-refractivity contribution in [1.82, 2.24) is 4.90 Å². The Morgan fingerprint density at radius 3 is 2.70 bits per heavy atom. The highest BCUT2D eigenvalue weighted by molar-refractivity contribution is 5.41. The van der Waals surface area contributed by atoms with Crippen LogP contribution < -0.4 is 4.74 Å². The summed E-state index contributed by atoms with van der Waals surface area (Å²) in [7, 11) is 1.57. The number of nitrogens with zero attached hydrogens (tertiary/aromatic N) is 1. The third-order valence-corrected chi connectivity index (χ3v) is 5.51. The van der Waals surface area contributed by atoms with E-state index in [0.717, 1.165) is 45.3 Å². The van der Waals surface area contributed by atoms with Crippen LogP contribution in [0.3, 0.4) is 0 Å². The standard InChI is InChI=1S/C22H30FNO3/c1-26-22-16-18(6-7-20(22)25)10-14-24-12-8-17(9-13-24)11-15-27-21-5-3-2-4-19(21)23/h4-7,16-17,25H,2-3,8-15H2,1H3. The maximum atomic E-state index is 13.6. The number of ether oxygens (including phenoxy) is 2. The second-order valence-corrected chi connectivity index (χ2v) is 7.38. The molecule has 0 atom stereocenters. The fraction of sp³-hybridized carbons (Fsp3) is 0.545. The molecule has 0 aromatic heterocycles. The van der Waals surface area contributed by atoms with Gasteiger partial charge in [-0.15, -0.1) is 0 Å². The number of aromatic hydroxyl groups is 1. The molecule has 0 radical (unpaired) electrons. The molecule has 0 saturated carbocycles. The maximum absolute atomic E-state index is 13.6. The molecule has 0 amide bonds. The largest absolute Gasteiger partial charge is 0.504 e. The molecular weight excluding hydrogens is 345 g/mol. The molecule has 1 aromatic carbocycles. The summed E-state index contributed by atoms with van der Waals surface area (Å²) < 4.78 is 24.4. The molecule has 1 N–H and O–H groups in total. The summed E-state index contributed by atoms with van der Waals surface area (Å²) in [6.07, 6.45) is 9.38. The van der Waals surface area contributed by atoms with Crippen LogP contribution in [0.25, 0.3) is 0 Å². The normalized spacial score (nSPS) is 18.7. The number of allylic oxidation sites excluding steroid dienone is 3. The molecule has 3 rings (SSSR count). The maximum Gasteiger partial charge on any atom is 0.160 e. The second kappa shape index (κ2) is 9.79. The van der Waals surface area contributed by atoms with Gasteiger partial charge in [0.25, 0.3) is 0 Å². The first kappa shape index (κ1) is 19.7. The molecule has 1 heterocycles. The summed E-state index contributed by atoms with van der Waals surface area (Å²) >= 11 is 0. The number of rotatable bonds is 8. The SMILES string of the molecule is COc1cc(CCN2CCC(CCOC3=CCCC=C3F)CC2)ccc1O. The number of methoxy groups -OCH3 is 1. The third kappa shape index (κ3) is 5.73. The Balaban J connectivity index is 1.34. The molecule has 27 heavy (non-hydrogen) atoms. The first-order valence-electron chi connectivity index (χ1n) is 9.93. The van der Waals surface area contributed by atoms with E-state index < -0.39 is 0 Å². The van der Waals surface area contributed by atoms with Crippen molar-refractivity contribution < 1.29 is 19.0 Å². The van der Waals surface area contributed by atoms with Gasteiger partial charge in [-0.3, -0.25) is 0 Å². The van der Waals surface area contributed by atoms with Crippen LogP contribution in [0, 0.1) is 5.92 Å². The number of halogens is 1. The van der Waals surface area contributed by atoms with Crippen molar-refractivity contribution in [3.63, 3.8) is 0 Å². The van der Waals surface area contributed by atoms with E-state index >= 15 is 0 Å². The van der Waals surface area contributed by atoms with E-state index in [1.807, 2.05) is 18.2 Å². The minimum atomic E-state index is -0.207. The van der Waals surface area contributed by atoms with Crippen molar-refractivity contribution in [2.75, 3.05) is 33.4 Å². The number of phenols is 1. The predicted octanol–water partition coefficient (Wildman–Crippen LogP) is 4.59. The molecule has 148 valence electrons. The van der Waals surface area contributed by atoms with Gasteiger partial charge in [0, 0.05) is 6.54 Å². The predicted molar refractivity (Wildman–Crippen MR) is 105 cm³/mol. The Hall–Kier alpha value is -2.01. The van der Waals surface area contributed by atoms with Gasteiger partial charge in [0.15, 0.2) is 23.1 Å². The van der Waals surface area contributed by atoms with Crippen LogP contribution in [0.5, 0.6) is 11.5 Å². The summed E-state index contributed by atoms with van der Waals surface area (Å²) in [6, 6.07) is 5.56. The van der Waals surface area contributed by atoms with Gasteiger partial charge in [-0.05, 0) is 87.4 Å². The van der Waals surface area contributed by atoms with E-state index in [9.17, 15) is 9.50 Å². The van der Waals surface area contributed by atoms with Gasteiger partial charge in [-0.1, -0.05) is 6.07 Å². The van der Waals surface area contributed by atoms with Gasteiger partial charge in [0.1, 0.15) is 0 Å².